The second kappa shape index (κ2) is 10.0. The van der Waals surface area contributed by atoms with Crippen molar-refractivity contribution in [3.63, 3.8) is 0 Å². The number of rotatable bonds is 3. The summed E-state index contributed by atoms with van der Waals surface area (Å²) in [6.45, 7) is 0. The van der Waals surface area contributed by atoms with Crippen molar-refractivity contribution in [1.82, 2.24) is 4.57 Å². The number of aromatic nitrogens is 1. The average Bonchev–Trinajstić information content (AvgIpc) is 3.76. The summed E-state index contributed by atoms with van der Waals surface area (Å²) in [6.07, 6.45) is 26.5. The number of hydrogen-bond acceptors (Lipinski definition) is 2. The highest BCUT2D eigenvalue weighted by Crippen LogP contribution is 2.51. The minimum Gasteiger partial charge on any atom is -0.454 e. The van der Waals surface area contributed by atoms with Crippen LogP contribution in [0.4, 0.5) is 11.4 Å². The number of benzene rings is 3. The van der Waals surface area contributed by atoms with Crippen molar-refractivity contribution in [3.05, 3.63) is 124 Å². The molecule has 0 amide bonds. The molecule has 3 heterocycles. The predicted molar refractivity (Wildman–Crippen MR) is 186 cm³/mol. The Balaban J connectivity index is 1.06. The highest BCUT2D eigenvalue weighted by atomic mass is 16.3. The van der Waals surface area contributed by atoms with Crippen LogP contribution in [-0.4, -0.2) is 10.6 Å². The van der Waals surface area contributed by atoms with E-state index in [2.05, 4.69) is 113 Å². The van der Waals surface area contributed by atoms with Gasteiger partial charge in [0.05, 0.1) is 11.7 Å². The molecule has 0 spiro atoms. The molecule has 10 rings (SSSR count). The molecule has 1 aliphatic heterocycles. The molecule has 4 aliphatic carbocycles. The monoisotopic (exact) mass is 586 g/mol. The number of anilines is 2. The number of nitrogens with zero attached hydrogens (tertiary/aromatic N) is 2. The first kappa shape index (κ1) is 25.8. The van der Waals surface area contributed by atoms with E-state index in [-0.39, 0.29) is 6.04 Å². The Hall–Kier alpha value is -4.50. The number of para-hydroxylation sites is 3. The van der Waals surface area contributed by atoms with E-state index in [0.717, 1.165) is 23.3 Å². The van der Waals surface area contributed by atoms with Crippen molar-refractivity contribution in [2.45, 2.75) is 69.7 Å². The van der Waals surface area contributed by atoms with Crippen LogP contribution < -0.4 is 15.5 Å². The largest absolute Gasteiger partial charge is 0.454 e. The molecule has 222 valence electrons. The molecular formula is C42H38N2O. The van der Waals surface area contributed by atoms with E-state index in [4.69, 9.17) is 4.42 Å². The van der Waals surface area contributed by atoms with E-state index in [1.54, 1.807) is 17.0 Å². The van der Waals surface area contributed by atoms with Gasteiger partial charge >= 0.3 is 0 Å². The second-order valence-corrected chi connectivity index (χ2v) is 13.6. The number of hydrogen-bond donors (Lipinski definition) is 0. The van der Waals surface area contributed by atoms with Crippen molar-refractivity contribution >= 4 is 51.2 Å². The molecular weight excluding hydrogens is 548 g/mol. The van der Waals surface area contributed by atoms with Crippen LogP contribution in [0.3, 0.4) is 0 Å². The van der Waals surface area contributed by atoms with Crippen molar-refractivity contribution in [3.8, 4) is 0 Å². The fourth-order valence-corrected chi connectivity index (χ4v) is 9.15. The fourth-order valence-electron chi connectivity index (χ4n) is 9.15. The summed E-state index contributed by atoms with van der Waals surface area (Å²) < 4.78 is 9.23. The molecule has 0 saturated carbocycles. The fraction of sp³-hybridized carbons (Fsp3) is 0.286. The van der Waals surface area contributed by atoms with Crippen LogP contribution in [-0.2, 0) is 12.8 Å². The Bertz CT molecular complexity index is 2240. The summed E-state index contributed by atoms with van der Waals surface area (Å²) in [5, 5.41) is 5.39. The number of furan rings is 1. The first-order valence-corrected chi connectivity index (χ1v) is 17.2. The first-order chi connectivity index (χ1) is 22.3. The lowest BCUT2D eigenvalue weighted by atomic mass is 9.81. The van der Waals surface area contributed by atoms with Crippen LogP contribution in [0.2, 0.25) is 0 Å². The van der Waals surface area contributed by atoms with Crippen molar-refractivity contribution in [2.75, 3.05) is 4.90 Å². The highest BCUT2D eigenvalue weighted by Gasteiger charge is 2.40. The van der Waals surface area contributed by atoms with Crippen LogP contribution in [0.15, 0.2) is 101 Å². The zero-order chi connectivity index (χ0) is 29.5. The van der Waals surface area contributed by atoms with Gasteiger partial charge in [0.25, 0.3) is 0 Å². The van der Waals surface area contributed by atoms with Crippen LogP contribution in [0, 0.1) is 5.92 Å². The van der Waals surface area contributed by atoms with Gasteiger partial charge in [0.1, 0.15) is 5.58 Å². The molecule has 3 aromatic carbocycles. The predicted octanol–water partition coefficient (Wildman–Crippen LogP) is 9.06. The smallest absolute Gasteiger partial charge is 0.159 e. The van der Waals surface area contributed by atoms with Crippen LogP contribution in [0.5, 0.6) is 0 Å². The summed E-state index contributed by atoms with van der Waals surface area (Å²) in [6, 6.07) is 24.2. The highest BCUT2D eigenvalue weighted by molar-refractivity contribution is 6.09. The van der Waals surface area contributed by atoms with Crippen LogP contribution >= 0.6 is 0 Å². The molecule has 3 heteroatoms. The Morgan fingerprint density at radius 1 is 0.733 bits per heavy atom. The van der Waals surface area contributed by atoms with E-state index in [1.807, 2.05) is 0 Å². The molecule has 0 saturated heterocycles. The Morgan fingerprint density at radius 3 is 2.53 bits per heavy atom. The number of allylic oxidation sites excluding steroid dienone is 4. The summed E-state index contributed by atoms with van der Waals surface area (Å²) in [7, 11) is 0. The average molecular weight is 587 g/mol. The minimum absolute atomic E-state index is 0.222. The van der Waals surface area contributed by atoms with Gasteiger partial charge in [-0.2, -0.15) is 0 Å². The summed E-state index contributed by atoms with van der Waals surface area (Å²) >= 11 is 0. The van der Waals surface area contributed by atoms with Crippen molar-refractivity contribution in [2.24, 2.45) is 5.92 Å². The molecule has 5 aliphatic rings. The van der Waals surface area contributed by atoms with Crippen molar-refractivity contribution < 1.29 is 4.42 Å². The summed E-state index contributed by atoms with van der Waals surface area (Å²) in [5.41, 5.74) is 12.0. The molecule has 0 bridgehead atoms. The van der Waals surface area contributed by atoms with E-state index in [1.165, 1.54) is 89.5 Å². The third-order valence-corrected chi connectivity index (χ3v) is 11.2. The van der Waals surface area contributed by atoms with Crippen molar-refractivity contribution in [1.29, 1.82) is 0 Å². The lowest BCUT2D eigenvalue weighted by Gasteiger charge is -2.30. The van der Waals surface area contributed by atoms with Crippen LogP contribution in [0.1, 0.15) is 67.7 Å². The standard InChI is InChI=1S/C42H38N2O/c1-2-11-29(12-3-1)43-36-17-7-4-13-30(36)34-25-27(21-23-38(34)43)28-22-24-39-35(26-28)31-14-5-8-18-37(31)44(39)40-19-10-16-33-32-15-6-9-20-41(32)45-42(33)40/h5-6,8-11,14-16,18-20,22-27,35,39H,1-4,7,12-13,17,21H2. The van der Waals surface area contributed by atoms with Gasteiger partial charge in [0.15, 0.2) is 5.58 Å². The lowest BCUT2D eigenvalue weighted by molar-refractivity contribution is 0.649. The first-order valence-electron chi connectivity index (χ1n) is 17.2. The van der Waals surface area contributed by atoms with Crippen LogP contribution in [0.25, 0.3) is 39.8 Å². The van der Waals surface area contributed by atoms with Gasteiger partial charge in [-0.15, -0.1) is 0 Å². The maximum Gasteiger partial charge on any atom is 0.159 e. The van der Waals surface area contributed by atoms with E-state index in [0.29, 0.717) is 11.8 Å². The Labute approximate surface area is 264 Å². The third kappa shape index (κ3) is 3.83. The van der Waals surface area contributed by atoms with Gasteiger partial charge in [0.2, 0.25) is 0 Å². The normalized spacial score (nSPS) is 23.5. The minimum atomic E-state index is 0.222. The molecule has 3 atom stereocenters. The molecule has 0 N–H and O–H groups in total. The van der Waals surface area contributed by atoms with Gasteiger partial charge in [-0.3, -0.25) is 0 Å². The quantitative estimate of drug-likeness (QED) is 0.210. The van der Waals surface area contributed by atoms with Gasteiger partial charge in [-0.25, -0.2) is 0 Å². The molecule has 0 fully saturated rings. The zero-order valence-corrected chi connectivity index (χ0v) is 25.7. The third-order valence-electron chi connectivity index (χ3n) is 11.2. The maximum atomic E-state index is 6.54. The molecule has 3 unspecified atom stereocenters. The van der Waals surface area contributed by atoms with E-state index < -0.39 is 0 Å². The van der Waals surface area contributed by atoms with E-state index in [9.17, 15) is 0 Å². The molecule has 5 aromatic rings. The molecule has 45 heavy (non-hydrogen) atoms. The maximum absolute atomic E-state index is 6.54. The van der Waals surface area contributed by atoms with Gasteiger partial charge < -0.3 is 13.9 Å². The Morgan fingerprint density at radius 2 is 1.58 bits per heavy atom. The summed E-state index contributed by atoms with van der Waals surface area (Å²) in [4.78, 5) is 2.53. The zero-order valence-electron chi connectivity index (χ0n) is 25.7. The van der Waals surface area contributed by atoms with Gasteiger partial charge in [-0.05, 0) is 97.9 Å². The second-order valence-electron chi connectivity index (χ2n) is 13.6. The molecule has 0 radical (unpaired) electrons. The van der Waals surface area contributed by atoms with Gasteiger partial charge in [-0.1, -0.05) is 85.0 Å². The summed E-state index contributed by atoms with van der Waals surface area (Å²) in [5.74, 6) is 0.721. The molecule has 2 aromatic heterocycles. The topological polar surface area (TPSA) is 21.3 Å². The van der Waals surface area contributed by atoms with E-state index >= 15 is 0 Å². The Kier molecular flexibility index (Phi) is 5.73. The molecule has 3 nitrogen and oxygen atoms in total. The van der Waals surface area contributed by atoms with Gasteiger partial charge in [0, 0.05) is 45.0 Å². The lowest BCUT2D eigenvalue weighted by Crippen LogP contribution is -2.35. The SMILES string of the molecule is C1=CC2C(C=C1C1C=c3c4c(n(C5=CCCCC5)c3=CC1)CCCC4)c1ccccc1N2c1cccc2c1oc1ccccc12. The number of fused-ring (bicyclic) bond motifs is 9.